The summed E-state index contributed by atoms with van der Waals surface area (Å²) in [5.41, 5.74) is 6.20. The molecular weight excluding hydrogens is 560 g/mol. The minimum atomic E-state index is -0.843. The van der Waals surface area contributed by atoms with E-state index in [1.54, 1.807) is 17.0 Å². The number of carbonyl (C=O) groups excluding carboxylic acids is 3. The van der Waals surface area contributed by atoms with Gasteiger partial charge in [0, 0.05) is 46.6 Å². The first-order chi connectivity index (χ1) is 21.0. The summed E-state index contributed by atoms with van der Waals surface area (Å²) in [4.78, 5) is 46.8. The van der Waals surface area contributed by atoms with E-state index < -0.39 is 18.1 Å². The lowest BCUT2D eigenvalue weighted by atomic mass is 9.89. The molecule has 3 atom stereocenters. The average molecular weight is 589 g/mol. The maximum atomic E-state index is 14.2. The molecule has 0 fully saturated rings. The SMILES string of the molecule is O=C(NCc1ccc(Cl)cc1)[C@H](Cc1ccccc1)NC(=O)[C@@H]1Cc2c([nH]c3ccccc23)[C@H]2c3ccccc3C(=O)N21. The molecule has 214 valence electrons. The molecule has 3 heterocycles. The summed E-state index contributed by atoms with van der Waals surface area (Å²) in [6, 6.07) is 30.3. The monoisotopic (exact) mass is 588 g/mol. The van der Waals surface area contributed by atoms with E-state index >= 15 is 0 Å². The fourth-order valence-corrected chi connectivity index (χ4v) is 6.50. The molecule has 7 nitrogen and oxygen atoms in total. The molecule has 43 heavy (non-hydrogen) atoms. The summed E-state index contributed by atoms with van der Waals surface area (Å²) >= 11 is 6.02. The molecule has 2 aliphatic rings. The van der Waals surface area contributed by atoms with Crippen molar-refractivity contribution in [3.05, 3.63) is 142 Å². The van der Waals surface area contributed by atoms with Crippen molar-refractivity contribution in [2.24, 2.45) is 0 Å². The van der Waals surface area contributed by atoms with Gasteiger partial charge in [-0.05, 0) is 46.5 Å². The van der Waals surface area contributed by atoms with Crippen molar-refractivity contribution in [2.45, 2.75) is 37.5 Å². The van der Waals surface area contributed by atoms with Gasteiger partial charge in [-0.3, -0.25) is 14.4 Å². The Kier molecular flexibility index (Phi) is 6.95. The van der Waals surface area contributed by atoms with Crippen molar-refractivity contribution in [3.63, 3.8) is 0 Å². The number of nitrogens with one attached hydrogen (secondary N) is 3. The molecule has 8 heteroatoms. The highest BCUT2D eigenvalue weighted by Gasteiger charge is 2.49. The van der Waals surface area contributed by atoms with Gasteiger partial charge < -0.3 is 20.5 Å². The van der Waals surface area contributed by atoms with Crippen molar-refractivity contribution in [2.75, 3.05) is 0 Å². The highest BCUT2D eigenvalue weighted by Crippen LogP contribution is 2.46. The number of hydrogen-bond donors (Lipinski definition) is 3. The van der Waals surface area contributed by atoms with Crippen LogP contribution in [0.3, 0.4) is 0 Å². The summed E-state index contributed by atoms with van der Waals surface area (Å²) in [6.45, 7) is 0.293. The van der Waals surface area contributed by atoms with E-state index in [0.29, 0.717) is 30.0 Å². The van der Waals surface area contributed by atoms with Crippen LogP contribution >= 0.6 is 11.6 Å². The molecule has 0 bridgehead atoms. The molecule has 5 aromatic rings. The quantitative estimate of drug-likeness (QED) is 0.240. The number of carbonyl (C=O) groups is 3. The summed E-state index contributed by atoms with van der Waals surface area (Å²) in [7, 11) is 0. The Morgan fingerprint density at radius 1 is 0.884 bits per heavy atom. The highest BCUT2D eigenvalue weighted by molar-refractivity contribution is 6.30. The largest absolute Gasteiger partial charge is 0.356 e. The van der Waals surface area contributed by atoms with Crippen LogP contribution in [-0.4, -0.2) is 39.7 Å². The third-order valence-corrected chi connectivity index (χ3v) is 8.70. The van der Waals surface area contributed by atoms with Gasteiger partial charge in [0.2, 0.25) is 11.8 Å². The number of amides is 3. The van der Waals surface area contributed by atoms with E-state index in [-0.39, 0.29) is 17.7 Å². The topological polar surface area (TPSA) is 94.3 Å². The first-order valence-corrected chi connectivity index (χ1v) is 14.7. The van der Waals surface area contributed by atoms with Crippen LogP contribution in [0.2, 0.25) is 5.02 Å². The number of nitrogens with zero attached hydrogens (tertiary/aromatic N) is 1. The van der Waals surface area contributed by atoms with E-state index in [1.165, 1.54) is 0 Å². The predicted molar refractivity (Wildman–Crippen MR) is 166 cm³/mol. The van der Waals surface area contributed by atoms with Gasteiger partial charge in [-0.1, -0.05) is 90.5 Å². The maximum absolute atomic E-state index is 14.2. The number of aromatic nitrogens is 1. The van der Waals surface area contributed by atoms with Gasteiger partial charge in [0.05, 0.1) is 6.04 Å². The van der Waals surface area contributed by atoms with Crippen LogP contribution in [0.1, 0.15) is 44.3 Å². The van der Waals surface area contributed by atoms with E-state index in [1.807, 2.05) is 91.0 Å². The number of fused-ring (bicyclic) bond motifs is 7. The number of aromatic amines is 1. The second kappa shape index (κ2) is 11.1. The lowest BCUT2D eigenvalue weighted by molar-refractivity contribution is -0.132. The molecule has 0 unspecified atom stereocenters. The molecule has 0 saturated heterocycles. The first kappa shape index (κ1) is 27.0. The number of para-hydroxylation sites is 1. The predicted octanol–water partition coefficient (Wildman–Crippen LogP) is 5.34. The van der Waals surface area contributed by atoms with Gasteiger partial charge in [-0.2, -0.15) is 0 Å². The molecule has 4 aromatic carbocycles. The highest BCUT2D eigenvalue weighted by atomic mass is 35.5. The van der Waals surface area contributed by atoms with Gasteiger partial charge in [-0.25, -0.2) is 0 Å². The number of halogens is 1. The van der Waals surface area contributed by atoms with E-state index in [4.69, 9.17) is 11.6 Å². The van der Waals surface area contributed by atoms with Gasteiger partial charge in [0.25, 0.3) is 5.91 Å². The Morgan fingerprint density at radius 2 is 1.60 bits per heavy atom. The third kappa shape index (κ3) is 4.96. The average Bonchev–Trinajstić information content (AvgIpc) is 3.55. The smallest absolute Gasteiger partial charge is 0.255 e. The molecular formula is C35H29ClN4O3. The van der Waals surface area contributed by atoms with E-state index in [2.05, 4.69) is 15.6 Å². The van der Waals surface area contributed by atoms with Crippen molar-refractivity contribution >= 4 is 40.2 Å². The zero-order valence-electron chi connectivity index (χ0n) is 23.2. The van der Waals surface area contributed by atoms with E-state index in [9.17, 15) is 14.4 Å². The van der Waals surface area contributed by atoms with Crippen LogP contribution in [0, 0.1) is 0 Å². The summed E-state index contributed by atoms with van der Waals surface area (Å²) in [5, 5.41) is 7.66. The number of H-pyrrole nitrogens is 1. The molecule has 0 spiro atoms. The zero-order chi connectivity index (χ0) is 29.5. The van der Waals surface area contributed by atoms with Crippen LogP contribution in [0.4, 0.5) is 0 Å². The fraction of sp³-hybridized carbons (Fsp3) is 0.171. The van der Waals surface area contributed by atoms with Gasteiger partial charge in [-0.15, -0.1) is 0 Å². The van der Waals surface area contributed by atoms with Crippen molar-refractivity contribution in [1.29, 1.82) is 0 Å². The lowest BCUT2D eigenvalue weighted by Gasteiger charge is -2.37. The maximum Gasteiger partial charge on any atom is 0.255 e. The van der Waals surface area contributed by atoms with Gasteiger partial charge in [0.1, 0.15) is 12.1 Å². The van der Waals surface area contributed by atoms with Gasteiger partial charge >= 0.3 is 0 Å². The Labute approximate surface area is 253 Å². The third-order valence-electron chi connectivity index (χ3n) is 8.45. The number of benzene rings is 4. The molecule has 0 radical (unpaired) electrons. The zero-order valence-corrected chi connectivity index (χ0v) is 24.0. The van der Waals surface area contributed by atoms with Crippen LogP contribution in [0.5, 0.6) is 0 Å². The Bertz CT molecular complexity index is 1850. The van der Waals surface area contributed by atoms with Crippen molar-refractivity contribution in [1.82, 2.24) is 20.5 Å². The number of rotatable bonds is 7. The standard InChI is InChI=1S/C35H29ClN4O3/c36-23-16-14-22(15-17-23)20-37-33(41)29(18-21-8-2-1-3-9-21)39-34(42)30-19-27-24-10-6-7-13-28(24)38-31(27)32-25-11-4-5-12-26(25)35(43)40(30)32/h1-17,29-30,32,38H,18-20H2,(H,37,41)(H,39,42)/t29-,30-,32+/m0/s1. The molecule has 0 aliphatic carbocycles. The van der Waals surface area contributed by atoms with Crippen molar-refractivity contribution < 1.29 is 14.4 Å². The van der Waals surface area contributed by atoms with Crippen LogP contribution in [0.15, 0.2) is 103 Å². The molecule has 3 amide bonds. The Balaban J connectivity index is 1.21. The molecule has 1 aromatic heterocycles. The summed E-state index contributed by atoms with van der Waals surface area (Å²) in [6.07, 6.45) is 0.646. The lowest BCUT2D eigenvalue weighted by Crippen LogP contribution is -2.57. The van der Waals surface area contributed by atoms with Crippen LogP contribution in [0.25, 0.3) is 10.9 Å². The molecule has 2 aliphatic heterocycles. The minimum absolute atomic E-state index is 0.183. The normalized spacial score (nSPS) is 17.6. The molecule has 3 N–H and O–H groups in total. The van der Waals surface area contributed by atoms with Gasteiger partial charge in [0.15, 0.2) is 0 Å². The molecule has 7 rings (SSSR count). The summed E-state index contributed by atoms with van der Waals surface area (Å²) in [5.74, 6) is -0.843. The van der Waals surface area contributed by atoms with Crippen LogP contribution < -0.4 is 10.6 Å². The fourth-order valence-electron chi connectivity index (χ4n) is 6.38. The minimum Gasteiger partial charge on any atom is -0.356 e. The Hall–Kier alpha value is -4.88. The van der Waals surface area contributed by atoms with Crippen LogP contribution in [-0.2, 0) is 29.0 Å². The molecule has 0 saturated carbocycles. The second-order valence-corrected chi connectivity index (χ2v) is 11.5. The number of hydrogen-bond acceptors (Lipinski definition) is 3. The summed E-state index contributed by atoms with van der Waals surface area (Å²) < 4.78 is 0. The van der Waals surface area contributed by atoms with Crippen molar-refractivity contribution in [3.8, 4) is 0 Å². The van der Waals surface area contributed by atoms with E-state index in [0.717, 1.165) is 38.9 Å². The first-order valence-electron chi connectivity index (χ1n) is 14.4. The second-order valence-electron chi connectivity index (χ2n) is 11.1. The Morgan fingerprint density at radius 3 is 2.42 bits per heavy atom.